The quantitative estimate of drug-likeness (QED) is 0.192. The third-order valence-electron chi connectivity index (χ3n) is 10.1. The zero-order valence-electron chi connectivity index (χ0n) is 27.7. The van der Waals surface area contributed by atoms with E-state index < -0.39 is 53.6 Å². The Morgan fingerprint density at radius 3 is 2.53 bits per heavy atom. The number of aliphatic hydroxyl groups excluding tert-OH is 1. The number of allylic oxidation sites excluding steroid dienone is 1. The smallest absolute Gasteiger partial charge is 0.313 e. The lowest BCUT2D eigenvalue weighted by molar-refractivity contribution is -0.162. The van der Waals surface area contributed by atoms with Crippen molar-refractivity contribution in [2.24, 2.45) is 11.8 Å². The Balaban J connectivity index is 1.31. The summed E-state index contributed by atoms with van der Waals surface area (Å²) < 4.78 is 12.8. The predicted octanol–water partition coefficient (Wildman–Crippen LogP) is 4.48. The highest BCUT2D eigenvalue weighted by Gasteiger charge is 2.75. The highest BCUT2D eigenvalue weighted by Crippen LogP contribution is 2.59. The third-order valence-corrected chi connectivity index (χ3v) is 10.1. The number of carbonyl (C=O) groups excluding carboxylic acids is 4. The average molecular weight is 666 g/mol. The normalized spacial score (nSPS) is 25.0. The molecule has 49 heavy (non-hydrogen) atoms. The van der Waals surface area contributed by atoms with E-state index in [2.05, 4.69) is 18.5 Å². The number of carbonyl (C=O) groups is 4. The highest BCUT2D eigenvalue weighted by molar-refractivity contribution is 6.05. The van der Waals surface area contributed by atoms with Crippen LogP contribution in [0.2, 0.25) is 0 Å². The van der Waals surface area contributed by atoms with Gasteiger partial charge in [0.05, 0.1) is 30.6 Å². The number of anilines is 1. The number of hydrogen-bond acceptors (Lipinski definition) is 7. The second kappa shape index (κ2) is 14.4. The Morgan fingerprint density at radius 2 is 1.82 bits per heavy atom. The molecule has 3 amide bonds. The largest absolute Gasteiger partial charge is 0.455 e. The number of nitrogens with one attached hydrogen (secondary N) is 1. The van der Waals surface area contributed by atoms with Crippen LogP contribution in [0.1, 0.15) is 44.3 Å². The zero-order chi connectivity index (χ0) is 34.7. The van der Waals surface area contributed by atoms with Gasteiger partial charge in [-0.05, 0) is 54.7 Å². The summed E-state index contributed by atoms with van der Waals surface area (Å²) in [6.07, 6.45) is 3.44. The topological polar surface area (TPSA) is 125 Å². The number of β-amino-alcohol motifs (C(OH)–C–C–N with tert-alkyl or cyclic N) is 1. The zero-order valence-corrected chi connectivity index (χ0v) is 27.7. The van der Waals surface area contributed by atoms with E-state index in [1.165, 1.54) is 4.90 Å². The minimum Gasteiger partial charge on any atom is -0.455 e. The van der Waals surface area contributed by atoms with Gasteiger partial charge in [0.1, 0.15) is 17.7 Å². The number of fused-ring (bicyclic) bond motifs is 2. The Morgan fingerprint density at radius 1 is 1.08 bits per heavy atom. The number of benzene rings is 3. The predicted molar refractivity (Wildman–Crippen MR) is 185 cm³/mol. The molecule has 7 atom stereocenters. The van der Waals surface area contributed by atoms with Crippen molar-refractivity contribution in [1.82, 2.24) is 10.2 Å². The monoisotopic (exact) mass is 665 g/mol. The van der Waals surface area contributed by atoms with Crippen molar-refractivity contribution in [3.63, 3.8) is 0 Å². The van der Waals surface area contributed by atoms with E-state index in [0.29, 0.717) is 30.5 Å². The molecule has 0 radical (unpaired) electrons. The van der Waals surface area contributed by atoms with Gasteiger partial charge in [-0.25, -0.2) is 0 Å². The molecule has 3 heterocycles. The molecule has 3 aromatic rings. The maximum Gasteiger partial charge on any atom is 0.313 e. The summed E-state index contributed by atoms with van der Waals surface area (Å²) in [5.74, 6) is -3.56. The van der Waals surface area contributed by atoms with Gasteiger partial charge in [-0.3, -0.25) is 19.2 Å². The SMILES string of the molecule is C=CCCC(=O)N[C@@H](C)[C@H](OC(=O)[C@@H]1[C@@H]2CC[C@]3(O2)[C@H](C(=O)N(CC=C)c2ccc4ccccc4c2)N(CCO)C(=O)[C@@H]13)c1ccccc1. The summed E-state index contributed by atoms with van der Waals surface area (Å²) >= 11 is 0. The molecular weight excluding hydrogens is 622 g/mol. The van der Waals surface area contributed by atoms with E-state index >= 15 is 0 Å². The van der Waals surface area contributed by atoms with Crippen LogP contribution in [0.25, 0.3) is 10.8 Å². The number of ether oxygens (including phenoxy) is 2. The molecule has 3 aliphatic rings. The van der Waals surface area contributed by atoms with Crippen LogP contribution in [0.3, 0.4) is 0 Å². The maximum absolute atomic E-state index is 14.7. The van der Waals surface area contributed by atoms with Crippen LogP contribution in [0.5, 0.6) is 0 Å². The Labute approximate surface area is 286 Å². The van der Waals surface area contributed by atoms with Gasteiger partial charge >= 0.3 is 5.97 Å². The molecule has 6 rings (SSSR count). The summed E-state index contributed by atoms with van der Waals surface area (Å²) in [5.41, 5.74) is 0.0493. The first-order valence-electron chi connectivity index (χ1n) is 16.9. The second-order valence-corrected chi connectivity index (χ2v) is 13.0. The van der Waals surface area contributed by atoms with Crippen molar-refractivity contribution < 1.29 is 33.8 Å². The fourth-order valence-electron chi connectivity index (χ4n) is 7.93. The van der Waals surface area contributed by atoms with E-state index in [4.69, 9.17) is 9.47 Å². The first kappa shape index (κ1) is 34.1. The molecule has 0 saturated carbocycles. The van der Waals surface area contributed by atoms with Crippen LogP contribution in [0, 0.1) is 11.8 Å². The Kier molecular flexibility index (Phi) is 9.99. The molecule has 3 aliphatic heterocycles. The number of likely N-dealkylation sites (tertiary alicyclic amines) is 1. The van der Waals surface area contributed by atoms with Gasteiger partial charge in [0.25, 0.3) is 5.91 Å². The van der Waals surface area contributed by atoms with Crippen LogP contribution in [0.15, 0.2) is 98.1 Å². The van der Waals surface area contributed by atoms with E-state index in [-0.39, 0.29) is 37.9 Å². The molecule has 3 fully saturated rings. The number of nitrogens with zero attached hydrogens (tertiary/aromatic N) is 2. The molecule has 3 saturated heterocycles. The summed E-state index contributed by atoms with van der Waals surface area (Å²) in [7, 11) is 0. The summed E-state index contributed by atoms with van der Waals surface area (Å²) in [5, 5.41) is 15.0. The van der Waals surface area contributed by atoms with Gasteiger partial charge < -0.3 is 29.7 Å². The van der Waals surface area contributed by atoms with Crippen LogP contribution in [-0.2, 0) is 28.7 Å². The summed E-state index contributed by atoms with van der Waals surface area (Å²) in [6.45, 7) is 9.04. The number of hydrogen-bond donors (Lipinski definition) is 2. The molecule has 3 aromatic carbocycles. The molecule has 0 aromatic heterocycles. The molecular formula is C39H43N3O7. The minimum absolute atomic E-state index is 0.0939. The van der Waals surface area contributed by atoms with Crippen molar-refractivity contribution >= 4 is 40.2 Å². The molecule has 10 nitrogen and oxygen atoms in total. The van der Waals surface area contributed by atoms with Crippen molar-refractivity contribution in [2.45, 2.75) is 62.5 Å². The molecule has 0 unspecified atom stereocenters. The van der Waals surface area contributed by atoms with E-state index in [9.17, 15) is 24.3 Å². The van der Waals surface area contributed by atoms with Crippen LogP contribution in [0.4, 0.5) is 5.69 Å². The molecule has 2 N–H and O–H groups in total. The lowest BCUT2D eigenvalue weighted by Gasteiger charge is -2.36. The number of rotatable bonds is 14. The fraction of sp³-hybridized carbons (Fsp3) is 0.385. The summed E-state index contributed by atoms with van der Waals surface area (Å²) in [4.78, 5) is 58.8. The number of amides is 3. The lowest BCUT2D eigenvalue weighted by atomic mass is 9.70. The lowest BCUT2D eigenvalue weighted by Crippen LogP contribution is -2.56. The number of esters is 1. The standard InChI is InChI=1S/C39H43N3O7/c1-4-6-16-31(44)40-25(3)34(27-13-8-7-9-14-27)48-38(47)32-30-19-20-39(49-30)33(32)36(45)42(22-23-43)35(39)37(46)41(21-5-2)29-18-17-26-12-10-11-15-28(26)24-29/h4-5,7-15,17-18,24-25,30,32-35,43H,1-2,6,16,19-23H2,3H3,(H,40,44)/t25-,30-,32+,33+,34-,35-,39+/m0/s1. The van der Waals surface area contributed by atoms with E-state index in [1.807, 2.05) is 72.8 Å². The van der Waals surface area contributed by atoms with E-state index in [0.717, 1.165) is 10.8 Å². The summed E-state index contributed by atoms with van der Waals surface area (Å²) in [6, 6.07) is 21.1. The van der Waals surface area contributed by atoms with Crippen molar-refractivity contribution in [3.8, 4) is 0 Å². The molecule has 10 heteroatoms. The Bertz CT molecular complexity index is 1740. The van der Waals surface area contributed by atoms with Crippen molar-refractivity contribution in [2.75, 3.05) is 24.6 Å². The van der Waals surface area contributed by atoms with E-state index in [1.54, 1.807) is 24.0 Å². The molecule has 2 bridgehead atoms. The van der Waals surface area contributed by atoms with Crippen molar-refractivity contribution in [1.29, 1.82) is 0 Å². The van der Waals surface area contributed by atoms with Crippen LogP contribution in [-0.4, -0.2) is 77.2 Å². The number of aliphatic hydroxyl groups is 1. The van der Waals surface area contributed by atoms with Crippen molar-refractivity contribution in [3.05, 3.63) is 104 Å². The maximum atomic E-state index is 14.7. The van der Waals surface area contributed by atoms with Crippen LogP contribution < -0.4 is 10.2 Å². The van der Waals surface area contributed by atoms with Gasteiger partial charge in [-0.1, -0.05) is 72.8 Å². The molecule has 0 aliphatic carbocycles. The van der Waals surface area contributed by atoms with Gasteiger partial charge in [-0.2, -0.15) is 0 Å². The fourth-order valence-corrected chi connectivity index (χ4v) is 7.93. The van der Waals surface area contributed by atoms with Gasteiger partial charge in [0.15, 0.2) is 0 Å². The second-order valence-electron chi connectivity index (χ2n) is 13.0. The minimum atomic E-state index is -1.28. The molecule has 1 spiro atoms. The first-order valence-corrected chi connectivity index (χ1v) is 16.9. The van der Waals surface area contributed by atoms with Crippen LogP contribution >= 0.6 is 0 Å². The molecule has 256 valence electrons. The van der Waals surface area contributed by atoms with Gasteiger partial charge in [0.2, 0.25) is 11.8 Å². The first-order chi connectivity index (χ1) is 23.7. The third kappa shape index (κ3) is 6.26. The Hall–Kier alpha value is -4.80. The van der Waals surface area contributed by atoms with Gasteiger partial charge in [0, 0.05) is 25.2 Å². The average Bonchev–Trinajstić information content (AvgIpc) is 3.76. The highest BCUT2D eigenvalue weighted by atomic mass is 16.6. The van der Waals surface area contributed by atoms with Gasteiger partial charge in [-0.15, -0.1) is 13.2 Å².